The lowest BCUT2D eigenvalue weighted by molar-refractivity contribution is 0.0697. The Morgan fingerprint density at radius 3 is 2.43 bits per heavy atom. The molecule has 0 saturated carbocycles. The molecule has 8 heteroatoms. The van der Waals surface area contributed by atoms with Crippen molar-refractivity contribution in [1.29, 1.82) is 0 Å². The van der Waals surface area contributed by atoms with Gasteiger partial charge in [0.05, 0.1) is 22.1 Å². The highest BCUT2D eigenvalue weighted by atomic mass is 35.5. The zero-order valence-electron chi connectivity index (χ0n) is 12.1. The second kappa shape index (κ2) is 6.89. The standard InChI is InChI=1S/C15H14ClNO5S/c1-2-22-11-4-6-12(7-5-11)23(20,21)17-10-3-8-14(16)13(9-10)15(18)19/h3-9,17H,2H2,1H3,(H,18,19). The van der Waals surface area contributed by atoms with E-state index in [2.05, 4.69) is 4.72 Å². The Morgan fingerprint density at radius 2 is 1.87 bits per heavy atom. The molecule has 122 valence electrons. The van der Waals surface area contributed by atoms with E-state index in [0.29, 0.717) is 12.4 Å². The van der Waals surface area contributed by atoms with Crippen LogP contribution in [0.5, 0.6) is 5.75 Å². The Kier molecular flexibility index (Phi) is 5.12. The first-order chi connectivity index (χ1) is 10.8. The highest BCUT2D eigenvalue weighted by Gasteiger charge is 2.16. The van der Waals surface area contributed by atoms with Crippen molar-refractivity contribution in [2.45, 2.75) is 11.8 Å². The molecule has 0 unspecified atom stereocenters. The molecule has 0 aliphatic carbocycles. The zero-order chi connectivity index (χ0) is 17.0. The highest BCUT2D eigenvalue weighted by molar-refractivity contribution is 7.92. The molecule has 0 spiro atoms. The molecule has 0 fully saturated rings. The van der Waals surface area contributed by atoms with Gasteiger partial charge in [-0.3, -0.25) is 4.72 Å². The lowest BCUT2D eigenvalue weighted by Crippen LogP contribution is -2.13. The predicted molar refractivity (Wildman–Crippen MR) is 86.8 cm³/mol. The summed E-state index contributed by atoms with van der Waals surface area (Å²) in [5, 5.41) is 9.04. The van der Waals surface area contributed by atoms with Crippen molar-refractivity contribution in [3.05, 3.63) is 53.1 Å². The molecular formula is C15H14ClNO5S. The summed E-state index contributed by atoms with van der Waals surface area (Å²) in [5.41, 5.74) is -0.0701. The number of halogens is 1. The van der Waals surface area contributed by atoms with E-state index in [1.54, 1.807) is 12.1 Å². The third-order valence-electron chi connectivity index (χ3n) is 2.89. The van der Waals surface area contributed by atoms with Crippen LogP contribution in [0.15, 0.2) is 47.4 Å². The van der Waals surface area contributed by atoms with E-state index in [1.807, 2.05) is 6.92 Å². The van der Waals surface area contributed by atoms with E-state index in [1.165, 1.54) is 24.3 Å². The smallest absolute Gasteiger partial charge is 0.337 e. The summed E-state index contributed by atoms with van der Waals surface area (Å²) in [7, 11) is -3.84. The molecule has 0 bridgehead atoms. The summed E-state index contributed by atoms with van der Waals surface area (Å²) in [6.07, 6.45) is 0. The van der Waals surface area contributed by atoms with Gasteiger partial charge >= 0.3 is 5.97 Å². The van der Waals surface area contributed by atoms with Gasteiger partial charge in [-0.15, -0.1) is 0 Å². The molecule has 2 N–H and O–H groups in total. The summed E-state index contributed by atoms with van der Waals surface area (Å²) in [4.78, 5) is 11.1. The number of hydrogen-bond acceptors (Lipinski definition) is 4. The quantitative estimate of drug-likeness (QED) is 0.829. The first-order valence-corrected chi connectivity index (χ1v) is 8.48. The monoisotopic (exact) mass is 355 g/mol. The lowest BCUT2D eigenvalue weighted by Gasteiger charge is -2.10. The number of sulfonamides is 1. The summed E-state index contributed by atoms with van der Waals surface area (Å²) >= 11 is 5.75. The Morgan fingerprint density at radius 1 is 1.22 bits per heavy atom. The van der Waals surface area contributed by atoms with Crippen molar-refractivity contribution in [2.75, 3.05) is 11.3 Å². The topological polar surface area (TPSA) is 92.7 Å². The van der Waals surface area contributed by atoms with Gasteiger partial charge in [-0.05, 0) is 49.4 Å². The number of rotatable bonds is 6. The molecule has 0 aliphatic heterocycles. The fraction of sp³-hybridized carbons (Fsp3) is 0.133. The van der Waals surface area contributed by atoms with Gasteiger partial charge in [0.15, 0.2) is 0 Å². The van der Waals surface area contributed by atoms with Gasteiger partial charge in [-0.2, -0.15) is 0 Å². The predicted octanol–water partition coefficient (Wildman–Crippen LogP) is 3.24. The van der Waals surface area contributed by atoms with Gasteiger partial charge in [0, 0.05) is 5.69 Å². The molecule has 0 atom stereocenters. The minimum Gasteiger partial charge on any atom is -0.494 e. The maximum Gasteiger partial charge on any atom is 0.337 e. The van der Waals surface area contributed by atoms with Crippen LogP contribution >= 0.6 is 11.6 Å². The average Bonchev–Trinajstić information content (AvgIpc) is 2.49. The minimum absolute atomic E-state index is 0.0292. The second-order valence-electron chi connectivity index (χ2n) is 4.51. The van der Waals surface area contributed by atoms with Gasteiger partial charge in [0.2, 0.25) is 0 Å². The van der Waals surface area contributed by atoms with E-state index in [9.17, 15) is 13.2 Å². The van der Waals surface area contributed by atoms with Crippen LogP contribution in [0, 0.1) is 0 Å². The van der Waals surface area contributed by atoms with Crippen molar-refractivity contribution in [3.63, 3.8) is 0 Å². The van der Waals surface area contributed by atoms with Gasteiger partial charge in [-0.25, -0.2) is 13.2 Å². The van der Waals surface area contributed by atoms with Gasteiger partial charge in [-0.1, -0.05) is 11.6 Å². The van der Waals surface area contributed by atoms with Crippen molar-refractivity contribution in [3.8, 4) is 5.75 Å². The summed E-state index contributed by atoms with van der Waals surface area (Å²) in [5.74, 6) is -0.678. The SMILES string of the molecule is CCOc1ccc(S(=O)(=O)Nc2ccc(Cl)c(C(=O)O)c2)cc1. The number of ether oxygens (including phenoxy) is 1. The first kappa shape index (κ1) is 17.1. The molecule has 0 aromatic heterocycles. The van der Waals surface area contributed by atoms with Crippen LogP contribution in [0.25, 0.3) is 0 Å². The van der Waals surface area contributed by atoms with Crippen LogP contribution in [0.3, 0.4) is 0 Å². The fourth-order valence-corrected chi connectivity index (χ4v) is 3.10. The molecular weight excluding hydrogens is 342 g/mol. The molecule has 2 rings (SSSR count). The summed E-state index contributed by atoms with van der Waals surface area (Å²) in [6, 6.07) is 9.77. The number of carbonyl (C=O) groups is 1. The molecule has 0 heterocycles. The van der Waals surface area contributed by atoms with E-state index in [-0.39, 0.29) is 21.2 Å². The van der Waals surface area contributed by atoms with Crippen LogP contribution in [-0.4, -0.2) is 26.1 Å². The number of aromatic carboxylic acids is 1. The van der Waals surface area contributed by atoms with E-state index in [0.717, 1.165) is 6.07 Å². The Balaban J connectivity index is 2.27. The zero-order valence-corrected chi connectivity index (χ0v) is 13.7. The Hall–Kier alpha value is -2.25. The first-order valence-electron chi connectivity index (χ1n) is 6.62. The van der Waals surface area contributed by atoms with Gasteiger partial charge < -0.3 is 9.84 Å². The van der Waals surface area contributed by atoms with Gasteiger partial charge in [0.25, 0.3) is 10.0 Å². The third-order valence-corrected chi connectivity index (χ3v) is 4.62. The molecule has 0 saturated heterocycles. The normalized spacial score (nSPS) is 11.0. The Bertz CT molecular complexity index is 818. The van der Waals surface area contributed by atoms with E-state index >= 15 is 0 Å². The van der Waals surface area contributed by atoms with Crippen LogP contribution in [0.1, 0.15) is 17.3 Å². The molecule has 23 heavy (non-hydrogen) atoms. The van der Waals surface area contributed by atoms with Gasteiger partial charge in [0.1, 0.15) is 5.75 Å². The van der Waals surface area contributed by atoms with Crippen molar-refractivity contribution in [1.82, 2.24) is 0 Å². The maximum atomic E-state index is 12.3. The van der Waals surface area contributed by atoms with E-state index in [4.69, 9.17) is 21.4 Å². The third kappa shape index (κ3) is 4.14. The van der Waals surface area contributed by atoms with Crippen LogP contribution < -0.4 is 9.46 Å². The van der Waals surface area contributed by atoms with Crippen LogP contribution in [0.4, 0.5) is 5.69 Å². The van der Waals surface area contributed by atoms with Crippen LogP contribution in [-0.2, 0) is 10.0 Å². The number of hydrogen-bond donors (Lipinski definition) is 2. The van der Waals surface area contributed by atoms with E-state index < -0.39 is 16.0 Å². The molecule has 2 aromatic carbocycles. The van der Waals surface area contributed by atoms with Crippen LogP contribution in [0.2, 0.25) is 5.02 Å². The van der Waals surface area contributed by atoms with Crippen molar-refractivity contribution >= 4 is 33.3 Å². The highest BCUT2D eigenvalue weighted by Crippen LogP contribution is 2.23. The lowest BCUT2D eigenvalue weighted by atomic mass is 10.2. The molecule has 0 aliphatic rings. The summed E-state index contributed by atoms with van der Waals surface area (Å²) < 4.78 is 32.2. The van der Waals surface area contributed by atoms with Crippen molar-refractivity contribution < 1.29 is 23.1 Å². The number of benzene rings is 2. The molecule has 6 nitrogen and oxygen atoms in total. The number of nitrogens with one attached hydrogen (secondary N) is 1. The number of carboxylic acid groups (broad SMARTS) is 1. The maximum absolute atomic E-state index is 12.3. The molecule has 2 aromatic rings. The average molecular weight is 356 g/mol. The van der Waals surface area contributed by atoms with Crippen molar-refractivity contribution in [2.24, 2.45) is 0 Å². The largest absolute Gasteiger partial charge is 0.494 e. The Labute approximate surface area is 138 Å². The number of carboxylic acids is 1. The number of anilines is 1. The molecule has 0 amide bonds. The fourth-order valence-electron chi connectivity index (χ4n) is 1.85. The minimum atomic E-state index is -3.84. The summed E-state index contributed by atoms with van der Waals surface area (Å²) in [6.45, 7) is 2.31. The molecule has 0 radical (unpaired) electrons. The second-order valence-corrected chi connectivity index (χ2v) is 6.60.